The average Bonchev–Trinajstić information content (AvgIpc) is 3.33. The van der Waals surface area contributed by atoms with E-state index in [9.17, 15) is 14.4 Å². The van der Waals surface area contributed by atoms with Crippen LogP contribution in [-0.4, -0.2) is 56.0 Å². The highest BCUT2D eigenvalue weighted by molar-refractivity contribution is 5.91. The van der Waals surface area contributed by atoms with Crippen LogP contribution in [0.5, 0.6) is 17.2 Å². The fourth-order valence-corrected chi connectivity index (χ4v) is 4.90. The van der Waals surface area contributed by atoms with Crippen molar-refractivity contribution in [2.75, 3.05) is 33.0 Å². The molecule has 0 aliphatic heterocycles. The third kappa shape index (κ3) is 9.06. The van der Waals surface area contributed by atoms with E-state index >= 15 is 0 Å². The highest BCUT2D eigenvalue weighted by atomic mass is 16.6. The quantitative estimate of drug-likeness (QED) is 0.0824. The Morgan fingerprint density at radius 2 is 1.36 bits per heavy atom. The van der Waals surface area contributed by atoms with Crippen molar-refractivity contribution in [1.29, 1.82) is 0 Å². The Hall–Kier alpha value is -4.89. The Morgan fingerprint density at radius 3 is 2.02 bits per heavy atom. The molecule has 3 aromatic rings. The number of aliphatic hydroxyl groups excluding tert-OH is 1. The summed E-state index contributed by atoms with van der Waals surface area (Å²) in [5, 5.41) is 8.89. The maximum Gasteiger partial charge on any atom is 0.343 e. The van der Waals surface area contributed by atoms with Gasteiger partial charge in [0.05, 0.1) is 31.0 Å². The van der Waals surface area contributed by atoms with E-state index in [1.807, 2.05) is 18.2 Å². The second-order valence-electron chi connectivity index (χ2n) is 10.5. The Balaban J connectivity index is 1.24. The second-order valence-corrected chi connectivity index (χ2v) is 10.5. The number of aliphatic hydroxyl groups is 1. The van der Waals surface area contributed by atoms with E-state index in [0.29, 0.717) is 30.3 Å². The zero-order valence-electron chi connectivity index (χ0n) is 25.4. The lowest BCUT2D eigenvalue weighted by molar-refractivity contribution is -0.140. The van der Waals surface area contributed by atoms with Crippen LogP contribution in [0.2, 0.25) is 0 Å². The fourth-order valence-electron chi connectivity index (χ4n) is 4.90. The van der Waals surface area contributed by atoms with Gasteiger partial charge in [0.2, 0.25) is 0 Å². The van der Waals surface area contributed by atoms with Crippen LogP contribution < -0.4 is 14.2 Å². The topological polar surface area (TPSA) is 118 Å². The predicted molar refractivity (Wildman–Crippen MR) is 169 cm³/mol. The number of hydrogen-bond acceptors (Lipinski definition) is 9. The number of benzene rings is 3. The summed E-state index contributed by atoms with van der Waals surface area (Å²) in [5.41, 5.74) is 4.83. The van der Waals surface area contributed by atoms with Crippen LogP contribution in [0.25, 0.3) is 11.1 Å². The molecule has 0 amide bonds. The van der Waals surface area contributed by atoms with Crippen molar-refractivity contribution in [3.63, 3.8) is 0 Å². The second kappa shape index (κ2) is 16.3. The molecule has 0 fully saturated rings. The van der Waals surface area contributed by atoms with Gasteiger partial charge in [0.25, 0.3) is 0 Å². The van der Waals surface area contributed by atoms with Gasteiger partial charge in [0.1, 0.15) is 30.5 Å². The SMILES string of the molecule is C=CC(=O)OCCCCCCOc1ccc2c(c1)C(C)c1cc(OC(=O)c3ccc(OCCOC(=O)C(=C)CO)cc3)ccc1-2. The molecule has 1 N–H and O–H groups in total. The molecule has 1 aliphatic carbocycles. The highest BCUT2D eigenvalue weighted by Gasteiger charge is 2.27. The molecular weight excluding hydrogens is 576 g/mol. The van der Waals surface area contributed by atoms with E-state index < -0.39 is 18.5 Å². The van der Waals surface area contributed by atoms with Crippen LogP contribution in [0.3, 0.4) is 0 Å². The van der Waals surface area contributed by atoms with Crippen molar-refractivity contribution in [2.45, 2.75) is 38.5 Å². The van der Waals surface area contributed by atoms with Crippen molar-refractivity contribution in [3.8, 4) is 28.4 Å². The van der Waals surface area contributed by atoms with Crippen molar-refractivity contribution in [1.82, 2.24) is 0 Å². The van der Waals surface area contributed by atoms with Crippen molar-refractivity contribution in [2.24, 2.45) is 0 Å². The molecule has 0 radical (unpaired) electrons. The standard InChI is InChI=1S/C36H38O9/c1-4-34(38)43-18-8-6-5-7-17-41-28-13-15-30-31-16-14-29(22-33(31)25(3)32(30)21-28)45-36(40)26-9-11-27(12-10-26)42-19-20-44-35(39)24(2)23-37/h4,9-16,21-22,25,37H,1-2,5-8,17-20,23H2,3H3. The van der Waals surface area contributed by atoms with Gasteiger partial charge in [-0.25, -0.2) is 14.4 Å². The van der Waals surface area contributed by atoms with Crippen molar-refractivity contribution < 1.29 is 43.2 Å². The first kappa shape index (κ1) is 33.0. The molecule has 3 aromatic carbocycles. The lowest BCUT2D eigenvalue weighted by Crippen LogP contribution is -2.15. The molecule has 0 spiro atoms. The molecule has 1 aliphatic rings. The molecule has 0 bridgehead atoms. The minimum absolute atomic E-state index is 0.00415. The van der Waals surface area contributed by atoms with Gasteiger partial charge in [-0.3, -0.25) is 0 Å². The third-order valence-corrected chi connectivity index (χ3v) is 7.35. The van der Waals surface area contributed by atoms with E-state index in [0.717, 1.165) is 48.1 Å². The van der Waals surface area contributed by atoms with Crippen LogP contribution in [-0.2, 0) is 19.1 Å². The maximum absolute atomic E-state index is 12.8. The summed E-state index contributed by atoms with van der Waals surface area (Å²) in [6.45, 7) is 9.57. The number of carbonyl (C=O) groups excluding carboxylic acids is 3. The molecular formula is C36H38O9. The van der Waals surface area contributed by atoms with Gasteiger partial charge >= 0.3 is 17.9 Å². The van der Waals surface area contributed by atoms with Crippen molar-refractivity contribution in [3.05, 3.63) is 102 Å². The largest absolute Gasteiger partial charge is 0.494 e. The van der Waals surface area contributed by atoms with Crippen molar-refractivity contribution >= 4 is 17.9 Å². The van der Waals surface area contributed by atoms with Crippen LogP contribution in [0.1, 0.15) is 60.0 Å². The number of unbranched alkanes of at least 4 members (excludes halogenated alkanes) is 3. The van der Waals surface area contributed by atoms with Gasteiger partial charge in [-0.1, -0.05) is 32.2 Å². The number of rotatable bonds is 17. The molecule has 45 heavy (non-hydrogen) atoms. The molecule has 9 nitrogen and oxygen atoms in total. The summed E-state index contributed by atoms with van der Waals surface area (Å²) in [6, 6.07) is 18.3. The monoisotopic (exact) mass is 614 g/mol. The Bertz CT molecular complexity index is 1520. The van der Waals surface area contributed by atoms with Crippen LogP contribution in [0, 0.1) is 0 Å². The van der Waals surface area contributed by atoms with Gasteiger partial charge < -0.3 is 28.8 Å². The van der Waals surface area contributed by atoms with Gasteiger partial charge in [-0.2, -0.15) is 0 Å². The fraction of sp³-hybridized carbons (Fsp3) is 0.306. The molecule has 4 rings (SSSR count). The summed E-state index contributed by atoms with van der Waals surface area (Å²) in [5.74, 6) is 0.328. The zero-order valence-corrected chi connectivity index (χ0v) is 25.4. The molecule has 1 unspecified atom stereocenters. The molecule has 0 aromatic heterocycles. The lowest BCUT2D eigenvalue weighted by Gasteiger charge is -2.11. The van der Waals surface area contributed by atoms with E-state index in [1.54, 1.807) is 30.3 Å². The number of ether oxygens (including phenoxy) is 5. The number of fused-ring (bicyclic) bond motifs is 3. The highest BCUT2D eigenvalue weighted by Crippen LogP contribution is 2.47. The number of esters is 3. The van der Waals surface area contributed by atoms with Gasteiger partial charge in [0.15, 0.2) is 0 Å². The smallest absolute Gasteiger partial charge is 0.343 e. The maximum atomic E-state index is 12.8. The average molecular weight is 615 g/mol. The molecule has 0 saturated carbocycles. The molecule has 0 saturated heterocycles. The minimum atomic E-state index is -0.677. The van der Waals surface area contributed by atoms with Gasteiger partial charge in [-0.15, -0.1) is 0 Å². The van der Waals surface area contributed by atoms with Gasteiger partial charge in [0, 0.05) is 12.0 Å². The Kier molecular flexibility index (Phi) is 11.9. The first-order valence-electron chi connectivity index (χ1n) is 14.9. The van der Waals surface area contributed by atoms with Gasteiger partial charge in [-0.05, 0) is 96.5 Å². The first-order valence-corrected chi connectivity index (χ1v) is 14.9. The first-order chi connectivity index (χ1) is 21.8. The van der Waals surface area contributed by atoms with Crippen LogP contribution in [0.4, 0.5) is 0 Å². The molecule has 9 heteroatoms. The number of carbonyl (C=O) groups is 3. The predicted octanol–water partition coefficient (Wildman–Crippen LogP) is 6.18. The molecule has 236 valence electrons. The summed E-state index contributed by atoms with van der Waals surface area (Å²) in [7, 11) is 0. The summed E-state index contributed by atoms with van der Waals surface area (Å²) in [4.78, 5) is 35.4. The zero-order chi connectivity index (χ0) is 32.2. The van der Waals surface area contributed by atoms with Crippen LogP contribution >= 0.6 is 0 Å². The summed E-state index contributed by atoms with van der Waals surface area (Å²) in [6.07, 6.45) is 4.85. The Labute approximate surface area is 263 Å². The lowest BCUT2D eigenvalue weighted by atomic mass is 9.99. The minimum Gasteiger partial charge on any atom is -0.494 e. The Morgan fingerprint density at radius 1 is 0.756 bits per heavy atom. The molecule has 1 atom stereocenters. The number of hydrogen-bond donors (Lipinski definition) is 1. The summed E-state index contributed by atoms with van der Waals surface area (Å²) < 4.78 is 27.2. The van der Waals surface area contributed by atoms with Crippen LogP contribution in [0.15, 0.2) is 85.5 Å². The van der Waals surface area contributed by atoms with E-state index in [4.69, 9.17) is 28.8 Å². The molecule has 0 heterocycles. The van der Waals surface area contributed by atoms with E-state index in [2.05, 4.69) is 32.2 Å². The summed E-state index contributed by atoms with van der Waals surface area (Å²) >= 11 is 0. The normalized spacial score (nSPS) is 12.8. The van der Waals surface area contributed by atoms with E-state index in [1.165, 1.54) is 11.6 Å². The third-order valence-electron chi connectivity index (χ3n) is 7.35. The van der Waals surface area contributed by atoms with E-state index in [-0.39, 0.29) is 30.7 Å².